The summed E-state index contributed by atoms with van der Waals surface area (Å²) in [7, 11) is -3.51. The van der Waals surface area contributed by atoms with Gasteiger partial charge in [-0.3, -0.25) is 0 Å². The Bertz CT molecular complexity index is 720. The molecular formula is C19H25NO2S. The van der Waals surface area contributed by atoms with Gasteiger partial charge < -0.3 is 0 Å². The Morgan fingerprint density at radius 1 is 0.870 bits per heavy atom. The summed E-state index contributed by atoms with van der Waals surface area (Å²) < 4.78 is 27.5. The van der Waals surface area contributed by atoms with Crippen LogP contribution >= 0.6 is 0 Å². The molecule has 4 heteroatoms. The molecule has 0 heterocycles. The first-order valence-electron chi connectivity index (χ1n) is 7.98. The third kappa shape index (κ3) is 4.21. The van der Waals surface area contributed by atoms with Crippen molar-refractivity contribution in [2.24, 2.45) is 0 Å². The van der Waals surface area contributed by atoms with Gasteiger partial charge in [0.05, 0.1) is 4.90 Å². The van der Waals surface area contributed by atoms with Gasteiger partial charge in [0.2, 0.25) is 10.0 Å². The van der Waals surface area contributed by atoms with E-state index in [1.54, 1.807) is 16.4 Å². The average molecular weight is 331 g/mol. The van der Waals surface area contributed by atoms with Gasteiger partial charge in [0.1, 0.15) is 0 Å². The molecule has 0 aliphatic carbocycles. The second-order valence-electron chi connectivity index (χ2n) is 6.35. The van der Waals surface area contributed by atoms with Crippen molar-refractivity contribution in [1.82, 2.24) is 4.31 Å². The Morgan fingerprint density at radius 3 is 1.91 bits per heavy atom. The maximum Gasteiger partial charge on any atom is 0.243 e. The summed E-state index contributed by atoms with van der Waals surface area (Å²) in [4.78, 5) is 0.353. The third-order valence-corrected chi connectivity index (χ3v) is 5.95. The minimum atomic E-state index is -3.51. The molecule has 23 heavy (non-hydrogen) atoms. The first-order chi connectivity index (χ1) is 10.8. The fourth-order valence-electron chi connectivity index (χ4n) is 2.47. The lowest BCUT2D eigenvalue weighted by molar-refractivity contribution is 0.348. The van der Waals surface area contributed by atoms with Crippen LogP contribution in [-0.2, 0) is 16.6 Å². The normalized spacial score (nSPS) is 12.3. The molecule has 3 nitrogen and oxygen atoms in total. The molecule has 0 atom stereocenters. The molecule has 2 aromatic carbocycles. The summed E-state index contributed by atoms with van der Waals surface area (Å²) in [5, 5.41) is 0. The van der Waals surface area contributed by atoms with E-state index in [1.165, 1.54) is 0 Å². The molecule has 0 radical (unpaired) electrons. The number of sulfonamides is 1. The molecule has 124 valence electrons. The van der Waals surface area contributed by atoms with Gasteiger partial charge in [-0.15, -0.1) is 0 Å². The van der Waals surface area contributed by atoms with Crippen molar-refractivity contribution >= 4 is 10.0 Å². The van der Waals surface area contributed by atoms with Gasteiger partial charge in [-0.2, -0.15) is 4.31 Å². The van der Waals surface area contributed by atoms with Crippen LogP contribution in [0.2, 0.25) is 0 Å². The van der Waals surface area contributed by atoms with Crippen LogP contribution in [0.25, 0.3) is 0 Å². The summed E-state index contributed by atoms with van der Waals surface area (Å²) in [6.45, 7) is 8.39. The molecular weight excluding hydrogens is 306 g/mol. The van der Waals surface area contributed by atoms with Gasteiger partial charge in [-0.25, -0.2) is 8.42 Å². The molecule has 0 amide bonds. The number of hydrogen-bond donors (Lipinski definition) is 0. The predicted molar refractivity (Wildman–Crippen MR) is 94.8 cm³/mol. The van der Waals surface area contributed by atoms with Crippen molar-refractivity contribution in [3.05, 3.63) is 65.7 Å². The molecule has 0 fully saturated rings. The second-order valence-corrected chi connectivity index (χ2v) is 8.24. The first kappa shape index (κ1) is 17.7. The molecule has 0 unspecified atom stereocenters. The lowest BCUT2D eigenvalue weighted by atomic mass is 10.0. The lowest BCUT2D eigenvalue weighted by Crippen LogP contribution is -2.36. The maximum atomic E-state index is 13.0. The van der Waals surface area contributed by atoms with Crippen LogP contribution in [0.5, 0.6) is 0 Å². The third-order valence-electron chi connectivity index (χ3n) is 3.91. The second kappa shape index (κ2) is 7.28. The zero-order chi connectivity index (χ0) is 17.0. The molecule has 0 saturated carbocycles. The molecule has 0 aliphatic rings. The van der Waals surface area contributed by atoms with Crippen molar-refractivity contribution in [3.63, 3.8) is 0 Å². The van der Waals surface area contributed by atoms with Gasteiger partial charge in [-0.05, 0) is 43.0 Å². The van der Waals surface area contributed by atoms with Crippen molar-refractivity contribution in [1.29, 1.82) is 0 Å². The fraction of sp³-hybridized carbons (Fsp3) is 0.368. The molecule has 0 bridgehead atoms. The fourth-order valence-corrected chi connectivity index (χ4v) is 4.09. The van der Waals surface area contributed by atoms with Crippen molar-refractivity contribution in [2.75, 3.05) is 0 Å². The van der Waals surface area contributed by atoms with E-state index in [9.17, 15) is 8.42 Å². The summed E-state index contributed by atoms with van der Waals surface area (Å²) >= 11 is 0. The van der Waals surface area contributed by atoms with E-state index < -0.39 is 10.0 Å². The molecule has 0 N–H and O–H groups in total. The standard InChI is InChI=1S/C19H25NO2S/c1-15(2)18-10-12-19(13-11-18)23(21,22)20(16(3)4)14-17-8-6-5-7-9-17/h5-13,15-16H,14H2,1-4H3. The molecule has 2 rings (SSSR count). The van der Waals surface area contributed by atoms with E-state index in [1.807, 2.05) is 56.3 Å². The van der Waals surface area contributed by atoms with Crippen molar-refractivity contribution in [2.45, 2.75) is 51.1 Å². The summed E-state index contributed by atoms with van der Waals surface area (Å²) in [6, 6.07) is 16.8. The highest BCUT2D eigenvalue weighted by molar-refractivity contribution is 7.89. The molecule has 0 aromatic heterocycles. The monoisotopic (exact) mass is 331 g/mol. The van der Waals surface area contributed by atoms with Crippen LogP contribution in [0.15, 0.2) is 59.5 Å². The maximum absolute atomic E-state index is 13.0. The zero-order valence-corrected chi connectivity index (χ0v) is 15.0. The summed E-state index contributed by atoms with van der Waals surface area (Å²) in [5.41, 5.74) is 2.13. The minimum absolute atomic E-state index is 0.106. The van der Waals surface area contributed by atoms with E-state index in [2.05, 4.69) is 13.8 Å². The van der Waals surface area contributed by atoms with Crippen LogP contribution < -0.4 is 0 Å². The predicted octanol–water partition coefficient (Wildman–Crippen LogP) is 4.41. The number of hydrogen-bond acceptors (Lipinski definition) is 2. The zero-order valence-electron chi connectivity index (χ0n) is 14.2. The van der Waals surface area contributed by atoms with Crippen molar-refractivity contribution < 1.29 is 8.42 Å². The molecule has 2 aromatic rings. The largest absolute Gasteiger partial charge is 0.243 e. The Labute approximate surface area is 140 Å². The summed E-state index contributed by atoms with van der Waals surface area (Å²) in [5.74, 6) is 0.386. The molecule has 0 aliphatic heterocycles. The van der Waals surface area contributed by atoms with Crippen LogP contribution in [0, 0.1) is 0 Å². The number of rotatable bonds is 6. The van der Waals surface area contributed by atoms with E-state index in [4.69, 9.17) is 0 Å². The van der Waals surface area contributed by atoms with Gasteiger partial charge in [0.25, 0.3) is 0 Å². The van der Waals surface area contributed by atoms with Crippen LogP contribution in [-0.4, -0.2) is 18.8 Å². The summed E-state index contributed by atoms with van der Waals surface area (Å²) in [6.07, 6.45) is 0. The van der Waals surface area contributed by atoms with E-state index in [0.29, 0.717) is 17.4 Å². The smallest absolute Gasteiger partial charge is 0.207 e. The van der Waals surface area contributed by atoms with Gasteiger partial charge in [0.15, 0.2) is 0 Å². The minimum Gasteiger partial charge on any atom is -0.207 e. The highest BCUT2D eigenvalue weighted by atomic mass is 32.2. The Hall–Kier alpha value is -1.65. The average Bonchev–Trinajstić information content (AvgIpc) is 2.53. The van der Waals surface area contributed by atoms with Crippen LogP contribution in [0.3, 0.4) is 0 Å². The number of benzene rings is 2. The van der Waals surface area contributed by atoms with E-state index >= 15 is 0 Å². The van der Waals surface area contributed by atoms with Gasteiger partial charge in [0, 0.05) is 12.6 Å². The van der Waals surface area contributed by atoms with Crippen LogP contribution in [0.4, 0.5) is 0 Å². The van der Waals surface area contributed by atoms with Gasteiger partial charge in [-0.1, -0.05) is 56.3 Å². The highest BCUT2D eigenvalue weighted by Crippen LogP contribution is 2.23. The van der Waals surface area contributed by atoms with E-state index in [0.717, 1.165) is 11.1 Å². The quantitative estimate of drug-likeness (QED) is 0.786. The SMILES string of the molecule is CC(C)c1ccc(S(=O)(=O)N(Cc2ccccc2)C(C)C)cc1. The Kier molecular flexibility index (Phi) is 5.60. The highest BCUT2D eigenvalue weighted by Gasteiger charge is 2.27. The Morgan fingerprint density at radius 2 is 1.43 bits per heavy atom. The van der Waals surface area contributed by atoms with Crippen molar-refractivity contribution in [3.8, 4) is 0 Å². The number of nitrogens with zero attached hydrogens (tertiary/aromatic N) is 1. The van der Waals surface area contributed by atoms with Crippen LogP contribution in [0.1, 0.15) is 44.7 Å². The lowest BCUT2D eigenvalue weighted by Gasteiger charge is -2.26. The van der Waals surface area contributed by atoms with Gasteiger partial charge >= 0.3 is 0 Å². The van der Waals surface area contributed by atoms with E-state index in [-0.39, 0.29) is 6.04 Å². The molecule has 0 spiro atoms. The first-order valence-corrected chi connectivity index (χ1v) is 9.42. The molecule has 0 saturated heterocycles. The Balaban J connectivity index is 2.33. The topological polar surface area (TPSA) is 37.4 Å².